The van der Waals surface area contributed by atoms with Gasteiger partial charge in [-0.05, 0) is 31.0 Å². The van der Waals surface area contributed by atoms with E-state index in [9.17, 15) is 5.11 Å². The first-order chi connectivity index (χ1) is 7.75. The van der Waals surface area contributed by atoms with Crippen molar-refractivity contribution in [2.24, 2.45) is 0 Å². The van der Waals surface area contributed by atoms with Gasteiger partial charge in [0, 0.05) is 10.7 Å². The van der Waals surface area contributed by atoms with Crippen LogP contribution in [0.1, 0.15) is 32.1 Å². The van der Waals surface area contributed by atoms with Crippen molar-refractivity contribution in [3.8, 4) is 0 Å². The van der Waals surface area contributed by atoms with Gasteiger partial charge in [-0.25, -0.2) is 0 Å². The van der Waals surface area contributed by atoms with Gasteiger partial charge in [0.2, 0.25) is 0 Å². The Morgan fingerprint density at radius 3 is 2.81 bits per heavy atom. The number of anilines is 1. The fourth-order valence-corrected chi connectivity index (χ4v) is 2.44. The Morgan fingerprint density at radius 2 is 2.00 bits per heavy atom. The molecular weight excluding hydrogens is 222 g/mol. The third kappa shape index (κ3) is 3.13. The SMILES string of the molecule is OC1CCCCCC1Nc1cccc(Cl)c1. The number of halogens is 1. The third-order valence-corrected chi connectivity index (χ3v) is 3.39. The van der Waals surface area contributed by atoms with Gasteiger partial charge in [0.1, 0.15) is 0 Å². The zero-order valence-electron chi connectivity index (χ0n) is 9.32. The Kier molecular flexibility index (Phi) is 4.08. The van der Waals surface area contributed by atoms with E-state index in [0.29, 0.717) is 0 Å². The smallest absolute Gasteiger partial charge is 0.0741 e. The van der Waals surface area contributed by atoms with Crippen molar-refractivity contribution in [1.29, 1.82) is 0 Å². The molecule has 0 spiro atoms. The lowest BCUT2D eigenvalue weighted by Crippen LogP contribution is -2.32. The van der Waals surface area contributed by atoms with Gasteiger partial charge in [0.15, 0.2) is 0 Å². The van der Waals surface area contributed by atoms with Crippen LogP contribution in [-0.2, 0) is 0 Å². The molecule has 1 aromatic carbocycles. The van der Waals surface area contributed by atoms with Gasteiger partial charge in [-0.15, -0.1) is 0 Å². The number of benzene rings is 1. The highest BCUT2D eigenvalue weighted by atomic mass is 35.5. The fraction of sp³-hybridized carbons (Fsp3) is 0.538. The molecule has 1 fully saturated rings. The molecule has 0 amide bonds. The minimum Gasteiger partial charge on any atom is -0.391 e. The van der Waals surface area contributed by atoms with Crippen molar-refractivity contribution < 1.29 is 5.11 Å². The summed E-state index contributed by atoms with van der Waals surface area (Å²) in [5, 5.41) is 14.1. The van der Waals surface area contributed by atoms with E-state index < -0.39 is 0 Å². The summed E-state index contributed by atoms with van der Waals surface area (Å²) in [5.74, 6) is 0. The Labute approximate surface area is 102 Å². The first-order valence-corrected chi connectivity index (χ1v) is 6.34. The van der Waals surface area contributed by atoms with E-state index >= 15 is 0 Å². The Morgan fingerprint density at radius 1 is 1.19 bits per heavy atom. The van der Waals surface area contributed by atoms with Crippen molar-refractivity contribution in [3.05, 3.63) is 29.3 Å². The summed E-state index contributed by atoms with van der Waals surface area (Å²) in [4.78, 5) is 0. The predicted molar refractivity (Wildman–Crippen MR) is 68.0 cm³/mol. The van der Waals surface area contributed by atoms with Gasteiger partial charge < -0.3 is 10.4 Å². The van der Waals surface area contributed by atoms with Crippen molar-refractivity contribution in [2.45, 2.75) is 44.2 Å². The van der Waals surface area contributed by atoms with Gasteiger partial charge in [0.25, 0.3) is 0 Å². The lowest BCUT2D eigenvalue weighted by molar-refractivity contribution is 0.144. The highest BCUT2D eigenvalue weighted by Crippen LogP contribution is 2.23. The molecule has 1 aliphatic carbocycles. The molecule has 2 rings (SSSR count). The first-order valence-electron chi connectivity index (χ1n) is 5.96. The maximum absolute atomic E-state index is 9.98. The summed E-state index contributed by atoms with van der Waals surface area (Å²) in [5.41, 5.74) is 0.999. The van der Waals surface area contributed by atoms with Gasteiger partial charge in [-0.2, -0.15) is 0 Å². The molecule has 0 heterocycles. The van der Waals surface area contributed by atoms with Crippen LogP contribution in [-0.4, -0.2) is 17.3 Å². The number of aliphatic hydroxyl groups excluding tert-OH is 1. The molecule has 2 N–H and O–H groups in total. The number of hydrogen-bond acceptors (Lipinski definition) is 2. The molecule has 0 saturated heterocycles. The van der Waals surface area contributed by atoms with Crippen LogP contribution < -0.4 is 5.32 Å². The van der Waals surface area contributed by atoms with E-state index in [1.165, 1.54) is 12.8 Å². The topological polar surface area (TPSA) is 32.3 Å². The number of rotatable bonds is 2. The molecule has 1 saturated carbocycles. The van der Waals surface area contributed by atoms with Crippen LogP contribution in [0, 0.1) is 0 Å². The average Bonchev–Trinajstić information content (AvgIpc) is 2.45. The summed E-state index contributed by atoms with van der Waals surface area (Å²) >= 11 is 5.93. The summed E-state index contributed by atoms with van der Waals surface area (Å²) in [6.45, 7) is 0. The molecule has 2 nitrogen and oxygen atoms in total. The van der Waals surface area contributed by atoms with E-state index in [1.54, 1.807) is 0 Å². The van der Waals surface area contributed by atoms with Crippen molar-refractivity contribution >= 4 is 17.3 Å². The largest absolute Gasteiger partial charge is 0.391 e. The summed E-state index contributed by atoms with van der Waals surface area (Å²) < 4.78 is 0. The lowest BCUT2D eigenvalue weighted by Gasteiger charge is -2.23. The highest BCUT2D eigenvalue weighted by molar-refractivity contribution is 6.30. The number of hydrogen-bond donors (Lipinski definition) is 2. The van der Waals surface area contributed by atoms with Crippen LogP contribution >= 0.6 is 11.6 Å². The van der Waals surface area contributed by atoms with Crippen LogP contribution in [0.25, 0.3) is 0 Å². The fourth-order valence-electron chi connectivity index (χ4n) is 2.25. The molecule has 0 aliphatic heterocycles. The van der Waals surface area contributed by atoms with Crippen LogP contribution in [0.5, 0.6) is 0 Å². The quantitative estimate of drug-likeness (QED) is 0.775. The Balaban J connectivity index is 2.02. The molecular formula is C13H18ClNO. The molecule has 0 radical (unpaired) electrons. The predicted octanol–water partition coefficient (Wildman–Crippen LogP) is 3.45. The van der Waals surface area contributed by atoms with E-state index in [4.69, 9.17) is 11.6 Å². The molecule has 16 heavy (non-hydrogen) atoms. The standard InChI is InChI=1S/C13H18ClNO/c14-10-5-4-6-11(9-10)15-12-7-2-1-3-8-13(12)16/h4-6,9,12-13,15-16H,1-3,7-8H2. The zero-order valence-corrected chi connectivity index (χ0v) is 10.1. The van der Waals surface area contributed by atoms with Gasteiger partial charge in [0.05, 0.1) is 12.1 Å². The first kappa shape index (κ1) is 11.7. The molecule has 88 valence electrons. The summed E-state index contributed by atoms with van der Waals surface area (Å²) in [6, 6.07) is 7.84. The molecule has 2 unspecified atom stereocenters. The summed E-state index contributed by atoms with van der Waals surface area (Å²) in [7, 11) is 0. The van der Waals surface area contributed by atoms with Crippen LogP contribution in [0.3, 0.4) is 0 Å². The normalized spacial score (nSPS) is 26.1. The van der Waals surface area contributed by atoms with Crippen molar-refractivity contribution in [1.82, 2.24) is 0 Å². The minimum atomic E-state index is -0.235. The highest BCUT2D eigenvalue weighted by Gasteiger charge is 2.21. The molecule has 2 atom stereocenters. The maximum atomic E-state index is 9.98. The zero-order chi connectivity index (χ0) is 11.4. The Hall–Kier alpha value is -0.730. The van der Waals surface area contributed by atoms with E-state index in [1.807, 2.05) is 24.3 Å². The van der Waals surface area contributed by atoms with E-state index in [0.717, 1.165) is 30.0 Å². The maximum Gasteiger partial charge on any atom is 0.0741 e. The monoisotopic (exact) mass is 239 g/mol. The summed E-state index contributed by atoms with van der Waals surface area (Å²) in [6.07, 6.45) is 5.25. The molecule has 0 bridgehead atoms. The second kappa shape index (κ2) is 5.55. The van der Waals surface area contributed by atoms with Crippen LogP contribution in [0.15, 0.2) is 24.3 Å². The molecule has 0 aromatic heterocycles. The average molecular weight is 240 g/mol. The molecule has 3 heteroatoms. The second-order valence-corrected chi connectivity index (χ2v) is 4.90. The van der Waals surface area contributed by atoms with Crippen molar-refractivity contribution in [2.75, 3.05) is 5.32 Å². The van der Waals surface area contributed by atoms with Gasteiger partial charge in [-0.3, -0.25) is 0 Å². The van der Waals surface area contributed by atoms with Gasteiger partial charge in [-0.1, -0.05) is 36.9 Å². The molecule has 1 aromatic rings. The van der Waals surface area contributed by atoms with Crippen LogP contribution in [0.4, 0.5) is 5.69 Å². The van der Waals surface area contributed by atoms with Crippen molar-refractivity contribution in [3.63, 3.8) is 0 Å². The van der Waals surface area contributed by atoms with E-state index in [2.05, 4.69) is 5.32 Å². The number of aliphatic hydroxyl groups is 1. The third-order valence-electron chi connectivity index (χ3n) is 3.16. The second-order valence-electron chi connectivity index (χ2n) is 4.47. The van der Waals surface area contributed by atoms with E-state index in [-0.39, 0.29) is 12.1 Å². The lowest BCUT2D eigenvalue weighted by atomic mass is 10.1. The van der Waals surface area contributed by atoms with Gasteiger partial charge >= 0.3 is 0 Å². The van der Waals surface area contributed by atoms with Crippen LogP contribution in [0.2, 0.25) is 5.02 Å². The molecule has 1 aliphatic rings. The number of nitrogens with one attached hydrogen (secondary N) is 1. The Bertz CT molecular complexity index is 342. The minimum absolute atomic E-state index is 0.168.